The lowest BCUT2D eigenvalue weighted by Crippen LogP contribution is -2.24. The minimum Gasteiger partial charge on any atom is -0.300 e. The molecular weight excluding hydrogens is 148 g/mol. The molecule has 1 fully saturated rings. The van der Waals surface area contributed by atoms with Crippen LogP contribution in [0.25, 0.3) is 0 Å². The number of ketones is 1. The van der Waals surface area contributed by atoms with Crippen molar-refractivity contribution in [2.45, 2.75) is 47.0 Å². The van der Waals surface area contributed by atoms with Crippen molar-refractivity contribution in [1.29, 1.82) is 0 Å². The first kappa shape index (κ1) is 9.76. The Hall–Kier alpha value is -0.330. The van der Waals surface area contributed by atoms with Crippen molar-refractivity contribution in [3.05, 3.63) is 0 Å². The van der Waals surface area contributed by atoms with Crippen molar-refractivity contribution in [3.8, 4) is 0 Å². The second-order valence-corrected chi connectivity index (χ2v) is 4.90. The lowest BCUT2D eigenvalue weighted by atomic mass is 9.74. The van der Waals surface area contributed by atoms with E-state index in [2.05, 4.69) is 20.8 Å². The fraction of sp³-hybridized carbons (Fsp3) is 0.909. The maximum Gasteiger partial charge on any atom is 0.130 e. The van der Waals surface area contributed by atoms with Crippen LogP contribution in [0.5, 0.6) is 0 Å². The van der Waals surface area contributed by atoms with Crippen LogP contribution in [0.1, 0.15) is 47.0 Å². The minimum atomic E-state index is 0.349. The summed E-state index contributed by atoms with van der Waals surface area (Å²) in [6, 6.07) is 0. The zero-order valence-corrected chi connectivity index (χ0v) is 8.68. The summed E-state index contributed by atoms with van der Waals surface area (Å²) >= 11 is 0. The summed E-state index contributed by atoms with van der Waals surface area (Å²) in [7, 11) is 0. The number of carbonyl (C=O) groups is 1. The number of rotatable bonds is 2. The van der Waals surface area contributed by atoms with Crippen LogP contribution in [-0.4, -0.2) is 5.78 Å². The van der Waals surface area contributed by atoms with Crippen LogP contribution in [-0.2, 0) is 4.79 Å². The second-order valence-electron chi connectivity index (χ2n) is 4.90. The minimum absolute atomic E-state index is 0.349. The standard InChI is InChI=1S/C11H20O/c1-8-5-6-10(7-9(2)12)11(8,3)4/h8,10H,5-7H2,1-4H3. The summed E-state index contributed by atoms with van der Waals surface area (Å²) in [5, 5.41) is 0. The molecule has 0 radical (unpaired) electrons. The van der Waals surface area contributed by atoms with Gasteiger partial charge in [0.05, 0.1) is 0 Å². The molecule has 1 heteroatoms. The topological polar surface area (TPSA) is 17.1 Å². The Balaban J connectivity index is 2.62. The van der Waals surface area contributed by atoms with Crippen molar-refractivity contribution in [2.24, 2.45) is 17.3 Å². The summed E-state index contributed by atoms with van der Waals surface area (Å²) in [6.45, 7) is 8.62. The monoisotopic (exact) mass is 168 g/mol. The Morgan fingerprint density at radius 2 is 2.00 bits per heavy atom. The van der Waals surface area contributed by atoms with Crippen LogP contribution in [0.4, 0.5) is 0 Å². The van der Waals surface area contributed by atoms with E-state index in [1.54, 1.807) is 6.92 Å². The van der Waals surface area contributed by atoms with E-state index in [1.165, 1.54) is 12.8 Å². The molecule has 0 bridgehead atoms. The summed E-state index contributed by atoms with van der Waals surface area (Å²) in [4.78, 5) is 11.0. The van der Waals surface area contributed by atoms with Crippen LogP contribution in [0.15, 0.2) is 0 Å². The van der Waals surface area contributed by atoms with E-state index in [0.29, 0.717) is 17.1 Å². The predicted octanol–water partition coefficient (Wildman–Crippen LogP) is 3.04. The molecule has 0 amide bonds. The first-order valence-electron chi connectivity index (χ1n) is 4.94. The molecule has 0 spiro atoms. The number of Topliss-reactive ketones (excluding diaryl/α,β-unsaturated/α-hetero) is 1. The quantitative estimate of drug-likeness (QED) is 0.619. The molecule has 0 heterocycles. The van der Waals surface area contributed by atoms with Gasteiger partial charge in [-0.25, -0.2) is 0 Å². The van der Waals surface area contributed by atoms with Gasteiger partial charge in [0.15, 0.2) is 0 Å². The first-order valence-corrected chi connectivity index (χ1v) is 4.94. The molecular formula is C11H20O. The van der Waals surface area contributed by atoms with E-state index in [9.17, 15) is 4.79 Å². The van der Waals surface area contributed by atoms with Gasteiger partial charge in [0.2, 0.25) is 0 Å². The average Bonchev–Trinajstić information content (AvgIpc) is 2.15. The van der Waals surface area contributed by atoms with Crippen molar-refractivity contribution >= 4 is 5.78 Å². The molecule has 1 aliphatic rings. The molecule has 0 aromatic rings. The Labute approximate surface area is 75.5 Å². The van der Waals surface area contributed by atoms with Gasteiger partial charge in [0.1, 0.15) is 5.78 Å². The molecule has 12 heavy (non-hydrogen) atoms. The maximum absolute atomic E-state index is 11.0. The molecule has 0 aromatic carbocycles. The van der Waals surface area contributed by atoms with Gasteiger partial charge in [-0.05, 0) is 37.0 Å². The normalized spacial score (nSPS) is 33.7. The maximum atomic E-state index is 11.0. The first-order chi connectivity index (χ1) is 5.44. The Morgan fingerprint density at radius 3 is 2.33 bits per heavy atom. The van der Waals surface area contributed by atoms with Crippen molar-refractivity contribution in [3.63, 3.8) is 0 Å². The highest BCUT2D eigenvalue weighted by molar-refractivity contribution is 5.75. The van der Waals surface area contributed by atoms with E-state index < -0.39 is 0 Å². The Kier molecular flexibility index (Phi) is 2.60. The third-order valence-corrected chi connectivity index (χ3v) is 3.80. The van der Waals surface area contributed by atoms with Crippen LogP contribution < -0.4 is 0 Å². The SMILES string of the molecule is CC(=O)CC1CCC(C)C1(C)C. The molecule has 2 unspecified atom stereocenters. The Bertz CT molecular complexity index is 181. The fourth-order valence-electron chi connectivity index (χ4n) is 2.31. The van der Waals surface area contributed by atoms with Crippen molar-refractivity contribution in [2.75, 3.05) is 0 Å². The predicted molar refractivity (Wildman–Crippen MR) is 51.0 cm³/mol. The lowest BCUT2D eigenvalue weighted by Gasteiger charge is -2.30. The van der Waals surface area contributed by atoms with Crippen LogP contribution in [0.3, 0.4) is 0 Å². The molecule has 1 aliphatic carbocycles. The van der Waals surface area contributed by atoms with Gasteiger partial charge in [0, 0.05) is 6.42 Å². The van der Waals surface area contributed by atoms with E-state index in [-0.39, 0.29) is 0 Å². The largest absolute Gasteiger partial charge is 0.300 e. The molecule has 1 saturated carbocycles. The smallest absolute Gasteiger partial charge is 0.130 e. The molecule has 70 valence electrons. The second kappa shape index (κ2) is 3.20. The zero-order valence-electron chi connectivity index (χ0n) is 8.68. The molecule has 0 saturated heterocycles. The number of hydrogen-bond donors (Lipinski definition) is 0. The zero-order chi connectivity index (χ0) is 9.35. The number of carbonyl (C=O) groups excluding carboxylic acids is 1. The highest BCUT2D eigenvalue weighted by Gasteiger charge is 2.40. The molecule has 1 rings (SSSR count). The van der Waals surface area contributed by atoms with Crippen molar-refractivity contribution in [1.82, 2.24) is 0 Å². The summed E-state index contributed by atoms with van der Waals surface area (Å²) in [5.41, 5.74) is 0.381. The van der Waals surface area contributed by atoms with Crippen LogP contribution in [0, 0.1) is 17.3 Å². The molecule has 0 aliphatic heterocycles. The van der Waals surface area contributed by atoms with E-state index >= 15 is 0 Å². The van der Waals surface area contributed by atoms with Gasteiger partial charge in [0.25, 0.3) is 0 Å². The third kappa shape index (κ3) is 1.70. The van der Waals surface area contributed by atoms with Gasteiger partial charge in [-0.3, -0.25) is 0 Å². The fourth-order valence-corrected chi connectivity index (χ4v) is 2.31. The summed E-state index contributed by atoms with van der Waals surface area (Å²) < 4.78 is 0. The molecule has 2 atom stereocenters. The van der Waals surface area contributed by atoms with Gasteiger partial charge in [-0.15, -0.1) is 0 Å². The highest BCUT2D eigenvalue weighted by atomic mass is 16.1. The third-order valence-electron chi connectivity index (χ3n) is 3.80. The molecule has 0 N–H and O–H groups in total. The lowest BCUT2D eigenvalue weighted by molar-refractivity contribution is -0.118. The van der Waals surface area contributed by atoms with Crippen molar-refractivity contribution < 1.29 is 4.79 Å². The van der Waals surface area contributed by atoms with Gasteiger partial charge in [-0.1, -0.05) is 20.8 Å². The highest BCUT2D eigenvalue weighted by Crippen LogP contribution is 2.48. The summed E-state index contributed by atoms with van der Waals surface area (Å²) in [6.07, 6.45) is 3.33. The average molecular weight is 168 g/mol. The van der Waals surface area contributed by atoms with E-state index in [4.69, 9.17) is 0 Å². The Morgan fingerprint density at radius 1 is 1.42 bits per heavy atom. The van der Waals surface area contributed by atoms with Gasteiger partial charge in [-0.2, -0.15) is 0 Å². The van der Waals surface area contributed by atoms with Crippen LogP contribution in [0.2, 0.25) is 0 Å². The molecule has 0 aromatic heterocycles. The van der Waals surface area contributed by atoms with Gasteiger partial charge >= 0.3 is 0 Å². The summed E-state index contributed by atoms with van der Waals surface area (Å²) in [5.74, 6) is 1.76. The number of hydrogen-bond acceptors (Lipinski definition) is 1. The van der Waals surface area contributed by atoms with Crippen LogP contribution >= 0.6 is 0 Å². The van der Waals surface area contributed by atoms with Gasteiger partial charge < -0.3 is 4.79 Å². The molecule has 1 nitrogen and oxygen atoms in total. The van der Waals surface area contributed by atoms with E-state index in [1.807, 2.05) is 0 Å². The van der Waals surface area contributed by atoms with E-state index in [0.717, 1.165) is 12.3 Å².